The van der Waals surface area contributed by atoms with Crippen molar-refractivity contribution in [1.29, 1.82) is 0 Å². The predicted molar refractivity (Wildman–Crippen MR) is 82.8 cm³/mol. The van der Waals surface area contributed by atoms with Gasteiger partial charge in [0.2, 0.25) is 0 Å². The standard InChI is InChI=1S/C16H21ClN2O2/c1-10-4-3-5-14(17)15(10)16(20)18-12-6-13-9-21-11(2)7-19(13)8-12/h3-5,11-13H,6-9H2,1-2H3,(H,18,20)/t11-,12+,13-/m0/s1. The highest BCUT2D eigenvalue weighted by Crippen LogP contribution is 2.24. The van der Waals surface area contributed by atoms with Gasteiger partial charge in [-0.3, -0.25) is 9.69 Å². The Morgan fingerprint density at radius 1 is 1.43 bits per heavy atom. The summed E-state index contributed by atoms with van der Waals surface area (Å²) in [4.78, 5) is 14.9. The van der Waals surface area contributed by atoms with E-state index in [1.165, 1.54) is 0 Å². The van der Waals surface area contributed by atoms with Gasteiger partial charge in [0, 0.05) is 25.2 Å². The second-order valence-electron chi connectivity index (χ2n) is 6.09. The Morgan fingerprint density at radius 2 is 2.24 bits per heavy atom. The highest BCUT2D eigenvalue weighted by molar-refractivity contribution is 6.34. The van der Waals surface area contributed by atoms with Crippen molar-refractivity contribution in [3.63, 3.8) is 0 Å². The fourth-order valence-corrected chi connectivity index (χ4v) is 3.63. The van der Waals surface area contributed by atoms with Crippen molar-refractivity contribution in [3.05, 3.63) is 34.3 Å². The van der Waals surface area contributed by atoms with Gasteiger partial charge in [0.15, 0.2) is 0 Å². The highest BCUT2D eigenvalue weighted by atomic mass is 35.5. The Bertz CT molecular complexity index is 529. The fourth-order valence-electron chi connectivity index (χ4n) is 3.32. The fraction of sp³-hybridized carbons (Fsp3) is 0.562. The van der Waals surface area contributed by atoms with Gasteiger partial charge in [-0.25, -0.2) is 0 Å². The number of nitrogens with one attached hydrogen (secondary N) is 1. The summed E-state index contributed by atoms with van der Waals surface area (Å²) in [5.74, 6) is -0.0723. The average molecular weight is 309 g/mol. The molecule has 0 spiro atoms. The van der Waals surface area contributed by atoms with E-state index in [0.29, 0.717) is 16.6 Å². The zero-order valence-electron chi connectivity index (χ0n) is 12.4. The lowest BCUT2D eigenvalue weighted by atomic mass is 10.1. The molecule has 1 amide bonds. The lowest BCUT2D eigenvalue weighted by Crippen LogP contribution is -2.45. The lowest BCUT2D eigenvalue weighted by Gasteiger charge is -2.33. The molecule has 0 saturated carbocycles. The molecule has 2 aliphatic heterocycles. The van der Waals surface area contributed by atoms with Crippen LogP contribution in [0.5, 0.6) is 0 Å². The zero-order chi connectivity index (χ0) is 15.0. The number of benzene rings is 1. The number of amides is 1. The Balaban J connectivity index is 1.66. The Morgan fingerprint density at radius 3 is 3.00 bits per heavy atom. The summed E-state index contributed by atoms with van der Waals surface area (Å²) < 4.78 is 5.69. The number of halogens is 1. The number of rotatable bonds is 2. The van der Waals surface area contributed by atoms with Crippen LogP contribution in [0.4, 0.5) is 0 Å². The molecule has 1 aromatic rings. The van der Waals surface area contributed by atoms with E-state index in [2.05, 4.69) is 17.1 Å². The molecule has 5 heteroatoms. The molecule has 114 valence electrons. The Hall–Kier alpha value is -1.10. The molecule has 0 unspecified atom stereocenters. The molecule has 0 aromatic heterocycles. The molecule has 3 rings (SSSR count). The average Bonchev–Trinajstić information content (AvgIpc) is 2.79. The van der Waals surface area contributed by atoms with Crippen LogP contribution >= 0.6 is 11.6 Å². The molecule has 4 nitrogen and oxygen atoms in total. The maximum Gasteiger partial charge on any atom is 0.253 e. The summed E-state index contributed by atoms with van der Waals surface area (Å²) in [5.41, 5.74) is 1.50. The number of hydrogen-bond donors (Lipinski definition) is 1. The van der Waals surface area contributed by atoms with Crippen LogP contribution in [0.2, 0.25) is 5.02 Å². The van der Waals surface area contributed by atoms with E-state index in [-0.39, 0.29) is 18.1 Å². The van der Waals surface area contributed by atoms with Gasteiger partial charge in [-0.05, 0) is 31.9 Å². The van der Waals surface area contributed by atoms with E-state index < -0.39 is 0 Å². The molecule has 0 radical (unpaired) electrons. The molecule has 3 atom stereocenters. The second kappa shape index (κ2) is 5.95. The summed E-state index contributed by atoms with van der Waals surface area (Å²) in [6.45, 7) is 6.61. The summed E-state index contributed by atoms with van der Waals surface area (Å²) in [6, 6.07) is 6.14. The number of fused-ring (bicyclic) bond motifs is 1. The van der Waals surface area contributed by atoms with Crippen LogP contribution in [-0.2, 0) is 4.74 Å². The zero-order valence-corrected chi connectivity index (χ0v) is 13.2. The highest BCUT2D eigenvalue weighted by Gasteiger charge is 2.37. The van der Waals surface area contributed by atoms with Crippen LogP contribution in [0.3, 0.4) is 0 Å². The van der Waals surface area contributed by atoms with Crippen LogP contribution in [0.1, 0.15) is 29.3 Å². The topological polar surface area (TPSA) is 41.6 Å². The van der Waals surface area contributed by atoms with E-state index in [0.717, 1.165) is 31.7 Å². The van der Waals surface area contributed by atoms with Crippen LogP contribution in [0.15, 0.2) is 18.2 Å². The van der Waals surface area contributed by atoms with Gasteiger partial charge in [-0.15, -0.1) is 0 Å². The second-order valence-corrected chi connectivity index (χ2v) is 6.50. The summed E-state index contributed by atoms with van der Waals surface area (Å²) in [5, 5.41) is 3.64. The van der Waals surface area contributed by atoms with Crippen molar-refractivity contribution in [2.75, 3.05) is 19.7 Å². The van der Waals surface area contributed by atoms with Gasteiger partial charge in [0.1, 0.15) is 0 Å². The third kappa shape index (κ3) is 3.07. The van der Waals surface area contributed by atoms with E-state index >= 15 is 0 Å². The first kappa shape index (κ1) is 14.8. The molecule has 2 fully saturated rings. The number of hydrogen-bond acceptors (Lipinski definition) is 3. The number of carbonyl (C=O) groups excluding carboxylic acids is 1. The number of aryl methyl sites for hydroxylation is 1. The van der Waals surface area contributed by atoms with Gasteiger partial charge in [-0.1, -0.05) is 23.7 Å². The van der Waals surface area contributed by atoms with Crippen LogP contribution in [0, 0.1) is 6.92 Å². The van der Waals surface area contributed by atoms with E-state index in [4.69, 9.17) is 16.3 Å². The van der Waals surface area contributed by atoms with Crippen molar-refractivity contribution >= 4 is 17.5 Å². The minimum Gasteiger partial charge on any atom is -0.376 e. The number of morpholine rings is 1. The van der Waals surface area contributed by atoms with Crippen molar-refractivity contribution in [3.8, 4) is 0 Å². The van der Waals surface area contributed by atoms with Crippen molar-refractivity contribution in [1.82, 2.24) is 10.2 Å². The first-order chi connectivity index (χ1) is 10.0. The summed E-state index contributed by atoms with van der Waals surface area (Å²) in [6.07, 6.45) is 1.23. The molecule has 0 aliphatic carbocycles. The summed E-state index contributed by atoms with van der Waals surface area (Å²) >= 11 is 6.16. The molecular formula is C16H21ClN2O2. The Labute approximate surface area is 130 Å². The van der Waals surface area contributed by atoms with E-state index in [9.17, 15) is 4.79 Å². The van der Waals surface area contributed by atoms with E-state index in [1.807, 2.05) is 19.1 Å². The number of ether oxygens (including phenoxy) is 1. The monoisotopic (exact) mass is 308 g/mol. The molecular weight excluding hydrogens is 288 g/mol. The maximum atomic E-state index is 12.5. The van der Waals surface area contributed by atoms with Gasteiger partial charge in [0.25, 0.3) is 5.91 Å². The van der Waals surface area contributed by atoms with Crippen molar-refractivity contribution in [2.45, 2.75) is 38.5 Å². The van der Waals surface area contributed by atoms with Gasteiger partial charge in [0.05, 0.1) is 23.3 Å². The molecule has 2 aliphatic rings. The lowest BCUT2D eigenvalue weighted by molar-refractivity contribution is -0.0390. The van der Waals surface area contributed by atoms with Gasteiger partial charge in [-0.2, -0.15) is 0 Å². The Kier molecular flexibility index (Phi) is 4.20. The first-order valence-electron chi connectivity index (χ1n) is 7.46. The normalized spacial score (nSPS) is 29.2. The van der Waals surface area contributed by atoms with Crippen LogP contribution < -0.4 is 5.32 Å². The third-order valence-corrected chi connectivity index (χ3v) is 4.69. The van der Waals surface area contributed by atoms with Gasteiger partial charge >= 0.3 is 0 Å². The molecule has 2 heterocycles. The minimum atomic E-state index is -0.0723. The molecule has 0 bridgehead atoms. The number of nitrogens with zero attached hydrogens (tertiary/aromatic N) is 1. The minimum absolute atomic E-state index is 0.0723. The third-order valence-electron chi connectivity index (χ3n) is 4.38. The van der Waals surface area contributed by atoms with E-state index in [1.54, 1.807) is 6.07 Å². The maximum absolute atomic E-state index is 12.5. The van der Waals surface area contributed by atoms with Gasteiger partial charge < -0.3 is 10.1 Å². The SMILES string of the molecule is Cc1cccc(Cl)c1C(=O)N[C@@H]1C[C@H]2CO[C@@H](C)CN2C1. The van der Waals surface area contributed by atoms with Crippen molar-refractivity contribution in [2.24, 2.45) is 0 Å². The predicted octanol–water partition coefficient (Wildman–Crippen LogP) is 2.24. The summed E-state index contributed by atoms with van der Waals surface area (Å²) in [7, 11) is 0. The van der Waals surface area contributed by atoms with Crippen LogP contribution in [-0.4, -0.2) is 48.7 Å². The van der Waals surface area contributed by atoms with Crippen molar-refractivity contribution < 1.29 is 9.53 Å². The quantitative estimate of drug-likeness (QED) is 0.911. The largest absolute Gasteiger partial charge is 0.376 e. The molecule has 21 heavy (non-hydrogen) atoms. The van der Waals surface area contributed by atoms with Crippen LogP contribution in [0.25, 0.3) is 0 Å². The molecule has 2 saturated heterocycles. The first-order valence-corrected chi connectivity index (χ1v) is 7.84. The number of carbonyl (C=O) groups is 1. The smallest absolute Gasteiger partial charge is 0.253 e. The molecule has 1 aromatic carbocycles. The molecule has 1 N–H and O–H groups in total.